The lowest BCUT2D eigenvalue weighted by atomic mass is 9.93. The second-order valence-corrected chi connectivity index (χ2v) is 12.0. The molecule has 2 N–H and O–H groups in total. The van der Waals surface area contributed by atoms with E-state index in [1.165, 1.54) is 24.3 Å². The van der Waals surface area contributed by atoms with E-state index in [0.29, 0.717) is 22.5 Å². The van der Waals surface area contributed by atoms with Crippen LogP contribution in [-0.2, 0) is 23.9 Å². The number of rotatable bonds is 8. The normalized spacial score (nSPS) is 13.9. The number of carbonyl (C=O) groups excluding carboxylic acids is 1. The average Bonchev–Trinajstić information content (AvgIpc) is 3.07. The van der Waals surface area contributed by atoms with Crippen LogP contribution in [0.3, 0.4) is 0 Å². The Balaban J connectivity index is 1.38. The van der Waals surface area contributed by atoms with Crippen LogP contribution in [0.2, 0.25) is 5.02 Å². The molecule has 0 aliphatic carbocycles. The van der Waals surface area contributed by atoms with E-state index < -0.39 is 47.2 Å². The van der Waals surface area contributed by atoms with Crippen molar-refractivity contribution in [1.29, 1.82) is 0 Å². The van der Waals surface area contributed by atoms with Gasteiger partial charge in [-0.1, -0.05) is 41.9 Å². The topological polar surface area (TPSA) is 103 Å². The number of benzene rings is 4. The molecule has 0 radical (unpaired) electrons. The third kappa shape index (κ3) is 7.45. The minimum Gasteiger partial charge on any atom is -0.478 e. The van der Waals surface area contributed by atoms with Crippen molar-refractivity contribution >= 4 is 45.8 Å². The summed E-state index contributed by atoms with van der Waals surface area (Å²) in [5.41, 5.74) is -1.05. The Hall–Kier alpha value is -5.20. The highest BCUT2D eigenvalue weighted by Crippen LogP contribution is 2.37. The van der Waals surface area contributed by atoms with E-state index in [4.69, 9.17) is 16.0 Å². The molecule has 6 rings (SSSR count). The molecule has 0 saturated carbocycles. The van der Waals surface area contributed by atoms with E-state index in [-0.39, 0.29) is 33.9 Å². The van der Waals surface area contributed by atoms with Crippen molar-refractivity contribution in [2.24, 2.45) is 0 Å². The van der Waals surface area contributed by atoms with Gasteiger partial charge in [0.15, 0.2) is 0 Å². The molecule has 8 nitrogen and oxygen atoms in total. The molecule has 0 bridgehead atoms. The van der Waals surface area contributed by atoms with E-state index in [1.54, 1.807) is 12.1 Å². The van der Waals surface area contributed by atoms with Gasteiger partial charge in [0.1, 0.15) is 11.4 Å². The molecule has 4 aromatic carbocycles. The van der Waals surface area contributed by atoms with Gasteiger partial charge in [0.25, 0.3) is 0 Å². The summed E-state index contributed by atoms with van der Waals surface area (Å²) in [5, 5.41) is 12.5. The minimum absolute atomic E-state index is 0.0745. The number of nitrogens with zero attached hydrogens (tertiary/aromatic N) is 2. The van der Waals surface area contributed by atoms with Gasteiger partial charge in [0, 0.05) is 60.4 Å². The molecule has 1 aromatic heterocycles. The summed E-state index contributed by atoms with van der Waals surface area (Å²) in [6.07, 6.45) is -5.71. The van der Waals surface area contributed by atoms with Gasteiger partial charge in [-0.2, -0.15) is 13.2 Å². The first-order valence-corrected chi connectivity index (χ1v) is 15.6. The van der Waals surface area contributed by atoms with Gasteiger partial charge in [-0.15, -0.1) is 0 Å². The van der Waals surface area contributed by atoms with Crippen LogP contribution in [0.5, 0.6) is 0 Å². The summed E-state index contributed by atoms with van der Waals surface area (Å²) in [6, 6.07) is 20.8. The highest BCUT2D eigenvalue weighted by Gasteiger charge is 2.34. The van der Waals surface area contributed by atoms with Gasteiger partial charge in [-0.25, -0.2) is 14.0 Å². The fourth-order valence-corrected chi connectivity index (χ4v) is 6.20. The molecule has 49 heavy (non-hydrogen) atoms. The Morgan fingerprint density at radius 1 is 0.918 bits per heavy atom. The van der Waals surface area contributed by atoms with Crippen molar-refractivity contribution < 1.29 is 36.7 Å². The number of halogens is 5. The Kier molecular flexibility index (Phi) is 9.44. The number of para-hydroxylation sites is 1. The number of hydrogen-bond acceptors (Lipinski definition) is 6. The molecular formula is C36H28ClF4N3O5. The van der Waals surface area contributed by atoms with Crippen molar-refractivity contribution in [3.05, 3.63) is 128 Å². The van der Waals surface area contributed by atoms with E-state index in [2.05, 4.69) is 27.2 Å². The SMILES string of the molecule is O=C(Cc1c(-c2cccc(C(=O)O)c2)c2cc(CN3CCN(c4ccccc4)CC3)c(Cl)cc2oc1=O)Nc1ccc(F)cc1C(F)(F)F. The van der Waals surface area contributed by atoms with Gasteiger partial charge in [0.2, 0.25) is 5.91 Å². The number of fused-ring (bicyclic) bond motifs is 1. The van der Waals surface area contributed by atoms with Crippen LogP contribution in [0.25, 0.3) is 22.1 Å². The molecule has 0 atom stereocenters. The third-order valence-electron chi connectivity index (χ3n) is 8.35. The van der Waals surface area contributed by atoms with Crippen LogP contribution in [0.4, 0.5) is 28.9 Å². The molecule has 5 aromatic rings. The zero-order valence-electron chi connectivity index (χ0n) is 25.7. The zero-order chi connectivity index (χ0) is 34.9. The first-order valence-electron chi connectivity index (χ1n) is 15.2. The highest BCUT2D eigenvalue weighted by molar-refractivity contribution is 6.32. The molecule has 0 spiro atoms. The second-order valence-electron chi connectivity index (χ2n) is 11.6. The van der Waals surface area contributed by atoms with Crippen LogP contribution in [0, 0.1) is 5.82 Å². The first kappa shape index (κ1) is 33.7. The molecule has 252 valence electrons. The van der Waals surface area contributed by atoms with Gasteiger partial charge in [0.05, 0.1) is 28.8 Å². The van der Waals surface area contributed by atoms with Crippen LogP contribution >= 0.6 is 11.6 Å². The molecule has 0 unspecified atom stereocenters. The van der Waals surface area contributed by atoms with E-state index in [0.717, 1.165) is 44.0 Å². The van der Waals surface area contributed by atoms with Crippen LogP contribution in [-0.4, -0.2) is 48.1 Å². The molecule has 1 aliphatic heterocycles. The van der Waals surface area contributed by atoms with Crippen LogP contribution in [0.1, 0.15) is 27.0 Å². The molecule has 2 heterocycles. The van der Waals surface area contributed by atoms with Crippen LogP contribution in [0.15, 0.2) is 94.1 Å². The van der Waals surface area contributed by atoms with Gasteiger partial charge in [-0.3, -0.25) is 9.69 Å². The lowest BCUT2D eigenvalue weighted by Gasteiger charge is -2.36. The number of aromatic carboxylic acids is 1. The summed E-state index contributed by atoms with van der Waals surface area (Å²) in [5.74, 6) is -3.39. The maximum atomic E-state index is 13.7. The molecule has 1 saturated heterocycles. The third-order valence-corrected chi connectivity index (χ3v) is 8.70. The average molecular weight is 694 g/mol. The van der Waals surface area contributed by atoms with Crippen molar-refractivity contribution in [2.45, 2.75) is 19.1 Å². The molecule has 1 fully saturated rings. The maximum absolute atomic E-state index is 13.7. The Bertz CT molecular complexity index is 2110. The predicted molar refractivity (Wildman–Crippen MR) is 178 cm³/mol. The highest BCUT2D eigenvalue weighted by atomic mass is 35.5. The summed E-state index contributed by atoms with van der Waals surface area (Å²) < 4.78 is 60.1. The smallest absolute Gasteiger partial charge is 0.418 e. The number of carboxylic acid groups (broad SMARTS) is 1. The lowest BCUT2D eigenvalue weighted by Crippen LogP contribution is -2.46. The monoisotopic (exact) mass is 693 g/mol. The Labute approximate surface area is 282 Å². The molecule has 1 amide bonds. The van der Waals surface area contributed by atoms with Crippen LogP contribution < -0.4 is 15.8 Å². The van der Waals surface area contributed by atoms with Crippen molar-refractivity contribution in [3.63, 3.8) is 0 Å². The maximum Gasteiger partial charge on any atom is 0.418 e. The second kappa shape index (κ2) is 13.7. The molecular weight excluding hydrogens is 666 g/mol. The lowest BCUT2D eigenvalue weighted by molar-refractivity contribution is -0.137. The fourth-order valence-electron chi connectivity index (χ4n) is 5.98. The fraction of sp³-hybridized carbons (Fsp3) is 0.194. The number of piperazine rings is 1. The Morgan fingerprint density at radius 3 is 2.35 bits per heavy atom. The minimum atomic E-state index is -4.97. The standard InChI is InChI=1S/C36H28ClF4N3O5/c37-29-19-31-26(16-23(29)20-43-11-13-44(14-12-43)25-7-2-1-3-8-25)33(21-5-4-6-22(15-21)34(46)47)27(35(48)49-31)18-32(45)42-30-10-9-24(38)17-28(30)36(39,40)41/h1-10,15-17,19H,11-14,18,20H2,(H,42,45)(H,46,47). The summed E-state index contributed by atoms with van der Waals surface area (Å²) in [7, 11) is 0. The number of carbonyl (C=O) groups is 2. The van der Waals surface area contributed by atoms with Crippen molar-refractivity contribution in [1.82, 2.24) is 4.90 Å². The van der Waals surface area contributed by atoms with E-state index >= 15 is 0 Å². The van der Waals surface area contributed by atoms with Gasteiger partial charge in [-0.05, 0) is 59.7 Å². The summed E-state index contributed by atoms with van der Waals surface area (Å²) in [4.78, 5) is 43.0. The van der Waals surface area contributed by atoms with Crippen molar-refractivity contribution in [2.75, 3.05) is 36.4 Å². The number of anilines is 2. The number of hydrogen-bond donors (Lipinski definition) is 2. The number of amides is 1. The zero-order valence-corrected chi connectivity index (χ0v) is 26.4. The predicted octanol–water partition coefficient (Wildman–Crippen LogP) is 7.47. The Morgan fingerprint density at radius 2 is 1.65 bits per heavy atom. The summed E-state index contributed by atoms with van der Waals surface area (Å²) >= 11 is 6.68. The van der Waals surface area contributed by atoms with Gasteiger partial charge < -0.3 is 19.7 Å². The number of carboxylic acids is 1. The quantitative estimate of drug-likeness (QED) is 0.128. The summed E-state index contributed by atoms with van der Waals surface area (Å²) in [6.45, 7) is 3.46. The molecule has 1 aliphatic rings. The van der Waals surface area contributed by atoms with Gasteiger partial charge >= 0.3 is 17.8 Å². The molecule has 13 heteroatoms. The van der Waals surface area contributed by atoms with Crippen molar-refractivity contribution in [3.8, 4) is 11.1 Å². The number of alkyl halides is 3. The number of nitrogens with one attached hydrogen (secondary N) is 1. The van der Waals surface area contributed by atoms with E-state index in [1.807, 2.05) is 18.2 Å². The largest absolute Gasteiger partial charge is 0.478 e. The first-order chi connectivity index (χ1) is 23.4. The van der Waals surface area contributed by atoms with E-state index in [9.17, 15) is 37.1 Å².